The maximum absolute atomic E-state index is 6.46. The van der Waals surface area contributed by atoms with E-state index < -0.39 is 0 Å². The predicted molar refractivity (Wildman–Crippen MR) is 228 cm³/mol. The second-order valence-electron chi connectivity index (χ2n) is 13.7. The molecule has 0 amide bonds. The Morgan fingerprint density at radius 2 is 0.907 bits per heavy atom. The van der Waals surface area contributed by atoms with Gasteiger partial charge in [-0.05, 0) is 98.1 Å². The van der Waals surface area contributed by atoms with Crippen molar-refractivity contribution in [2.75, 3.05) is 4.90 Å². The topological polar surface area (TPSA) is 16.4 Å². The van der Waals surface area contributed by atoms with Gasteiger partial charge in [-0.25, -0.2) is 0 Å². The second-order valence-corrected chi connectivity index (χ2v) is 13.7. The molecule has 2 nitrogen and oxygen atoms in total. The van der Waals surface area contributed by atoms with E-state index in [9.17, 15) is 0 Å². The van der Waals surface area contributed by atoms with E-state index in [1.54, 1.807) is 0 Å². The van der Waals surface area contributed by atoms with Crippen molar-refractivity contribution in [3.63, 3.8) is 0 Å². The average Bonchev–Trinajstić information content (AvgIpc) is 3.69. The third kappa shape index (κ3) is 5.71. The third-order valence-corrected chi connectivity index (χ3v) is 10.5. The Kier molecular flexibility index (Phi) is 7.85. The van der Waals surface area contributed by atoms with Gasteiger partial charge in [-0.3, -0.25) is 0 Å². The van der Waals surface area contributed by atoms with Gasteiger partial charge in [0, 0.05) is 27.7 Å². The standard InChI is InChI=1S/C52H35NO/c1-3-14-36(15-4-1)39-20-13-21-44(32-39)53(50-34-41-18-7-9-22-45(41)47-23-10-11-24-48(47)50)43-29-26-37(27-30-43)40-28-31-46(38-16-5-2-6-17-38)49(33-40)52-35-42-19-8-12-25-51(42)54-52/h1-35H. The van der Waals surface area contributed by atoms with Crippen molar-refractivity contribution < 1.29 is 4.42 Å². The van der Waals surface area contributed by atoms with E-state index in [1.807, 2.05) is 12.1 Å². The van der Waals surface area contributed by atoms with Gasteiger partial charge in [-0.2, -0.15) is 0 Å². The molecule has 0 atom stereocenters. The van der Waals surface area contributed by atoms with E-state index in [1.165, 1.54) is 32.7 Å². The molecule has 0 saturated carbocycles. The summed E-state index contributed by atoms with van der Waals surface area (Å²) in [4.78, 5) is 2.41. The van der Waals surface area contributed by atoms with Crippen LogP contribution in [0.4, 0.5) is 17.1 Å². The van der Waals surface area contributed by atoms with Gasteiger partial charge < -0.3 is 9.32 Å². The molecular weight excluding hydrogens is 655 g/mol. The van der Waals surface area contributed by atoms with Crippen LogP contribution in [-0.2, 0) is 0 Å². The van der Waals surface area contributed by atoms with E-state index in [4.69, 9.17) is 4.42 Å². The molecule has 0 aliphatic heterocycles. The fourth-order valence-corrected chi connectivity index (χ4v) is 7.82. The van der Waals surface area contributed by atoms with Crippen molar-refractivity contribution in [3.8, 4) is 44.7 Å². The molecule has 0 unspecified atom stereocenters. The third-order valence-electron chi connectivity index (χ3n) is 10.5. The monoisotopic (exact) mass is 689 g/mol. The Bertz CT molecular complexity index is 2890. The number of nitrogens with zero attached hydrogens (tertiary/aromatic N) is 1. The van der Waals surface area contributed by atoms with Crippen LogP contribution in [-0.4, -0.2) is 0 Å². The first kappa shape index (κ1) is 31.6. The van der Waals surface area contributed by atoms with Crippen LogP contribution in [0.1, 0.15) is 0 Å². The van der Waals surface area contributed by atoms with Gasteiger partial charge in [0.25, 0.3) is 0 Å². The van der Waals surface area contributed by atoms with Crippen LogP contribution in [0.3, 0.4) is 0 Å². The number of para-hydroxylation sites is 1. The van der Waals surface area contributed by atoms with Crippen molar-refractivity contribution >= 4 is 49.6 Å². The van der Waals surface area contributed by atoms with Crippen LogP contribution < -0.4 is 4.90 Å². The summed E-state index contributed by atoms with van der Waals surface area (Å²) in [5, 5.41) is 6.01. The minimum absolute atomic E-state index is 0.862. The summed E-state index contributed by atoms with van der Waals surface area (Å²) in [7, 11) is 0. The number of hydrogen-bond acceptors (Lipinski definition) is 2. The van der Waals surface area contributed by atoms with E-state index in [0.29, 0.717) is 0 Å². The SMILES string of the molecule is c1ccc(-c2cccc(N(c3ccc(-c4ccc(-c5ccccc5)c(-c5cc6ccccc6o5)c4)cc3)c3cc4ccccc4c4ccccc34)c2)cc1. The summed E-state index contributed by atoms with van der Waals surface area (Å²) >= 11 is 0. The Balaban J connectivity index is 1.12. The van der Waals surface area contributed by atoms with Gasteiger partial charge in [0.2, 0.25) is 0 Å². The summed E-state index contributed by atoms with van der Waals surface area (Å²) in [5.41, 5.74) is 12.2. The molecule has 54 heavy (non-hydrogen) atoms. The lowest BCUT2D eigenvalue weighted by molar-refractivity contribution is 0.632. The molecule has 0 spiro atoms. The molecule has 0 fully saturated rings. The van der Waals surface area contributed by atoms with Crippen molar-refractivity contribution in [2.24, 2.45) is 0 Å². The molecule has 10 aromatic rings. The molecule has 0 saturated heterocycles. The van der Waals surface area contributed by atoms with Gasteiger partial charge >= 0.3 is 0 Å². The van der Waals surface area contributed by atoms with Crippen LogP contribution in [0.25, 0.3) is 77.2 Å². The summed E-state index contributed by atoms with van der Waals surface area (Å²) in [6.07, 6.45) is 0. The van der Waals surface area contributed by atoms with Gasteiger partial charge in [-0.1, -0.05) is 164 Å². The molecule has 1 heterocycles. The molecule has 0 N–H and O–H groups in total. The van der Waals surface area contributed by atoms with Crippen LogP contribution in [0, 0.1) is 0 Å². The molecule has 0 radical (unpaired) electrons. The zero-order valence-electron chi connectivity index (χ0n) is 29.6. The summed E-state index contributed by atoms with van der Waals surface area (Å²) in [6, 6.07) is 75.9. The molecule has 10 rings (SSSR count). The highest BCUT2D eigenvalue weighted by Crippen LogP contribution is 2.44. The Morgan fingerprint density at radius 1 is 0.315 bits per heavy atom. The molecule has 2 heteroatoms. The smallest absolute Gasteiger partial charge is 0.136 e. The fraction of sp³-hybridized carbons (Fsp3) is 0. The highest BCUT2D eigenvalue weighted by atomic mass is 16.3. The molecule has 1 aromatic heterocycles. The van der Waals surface area contributed by atoms with Gasteiger partial charge in [0.05, 0.1) is 5.69 Å². The fourth-order valence-electron chi connectivity index (χ4n) is 7.82. The lowest BCUT2D eigenvalue weighted by atomic mass is 9.93. The van der Waals surface area contributed by atoms with Gasteiger partial charge in [-0.15, -0.1) is 0 Å². The number of hydrogen-bond donors (Lipinski definition) is 0. The zero-order chi connectivity index (χ0) is 35.8. The summed E-state index contributed by atoms with van der Waals surface area (Å²) in [6.45, 7) is 0. The predicted octanol–water partition coefficient (Wildman–Crippen LogP) is 14.9. The number of fused-ring (bicyclic) bond motifs is 4. The summed E-state index contributed by atoms with van der Waals surface area (Å²) < 4.78 is 6.46. The number of anilines is 3. The lowest BCUT2D eigenvalue weighted by Gasteiger charge is -2.28. The normalized spacial score (nSPS) is 11.3. The number of rotatable bonds is 7. The van der Waals surface area contributed by atoms with Crippen molar-refractivity contribution in [1.82, 2.24) is 0 Å². The van der Waals surface area contributed by atoms with Crippen molar-refractivity contribution in [1.29, 1.82) is 0 Å². The highest BCUT2D eigenvalue weighted by Gasteiger charge is 2.19. The van der Waals surface area contributed by atoms with Crippen LogP contribution in [0.15, 0.2) is 217 Å². The molecule has 254 valence electrons. The maximum atomic E-state index is 6.46. The highest BCUT2D eigenvalue weighted by molar-refractivity contribution is 6.14. The Labute approximate surface area is 314 Å². The summed E-state index contributed by atoms with van der Waals surface area (Å²) in [5.74, 6) is 0.862. The van der Waals surface area contributed by atoms with E-state index in [2.05, 4.69) is 205 Å². The first-order valence-corrected chi connectivity index (χ1v) is 18.4. The average molecular weight is 690 g/mol. The first-order valence-electron chi connectivity index (χ1n) is 18.4. The van der Waals surface area contributed by atoms with Crippen LogP contribution >= 0.6 is 0 Å². The van der Waals surface area contributed by atoms with Gasteiger partial charge in [0.15, 0.2) is 0 Å². The van der Waals surface area contributed by atoms with E-state index in [0.717, 1.165) is 61.6 Å². The number of furan rings is 1. The maximum Gasteiger partial charge on any atom is 0.136 e. The van der Waals surface area contributed by atoms with E-state index >= 15 is 0 Å². The lowest BCUT2D eigenvalue weighted by Crippen LogP contribution is -2.10. The minimum Gasteiger partial charge on any atom is -0.456 e. The molecule has 0 aliphatic carbocycles. The van der Waals surface area contributed by atoms with Crippen molar-refractivity contribution in [2.45, 2.75) is 0 Å². The van der Waals surface area contributed by atoms with Crippen molar-refractivity contribution in [3.05, 3.63) is 212 Å². The van der Waals surface area contributed by atoms with Crippen LogP contribution in [0.5, 0.6) is 0 Å². The Hall–Kier alpha value is -7.16. The van der Waals surface area contributed by atoms with Crippen LogP contribution in [0.2, 0.25) is 0 Å². The molecular formula is C52H35NO. The Morgan fingerprint density at radius 3 is 1.69 bits per heavy atom. The van der Waals surface area contributed by atoms with E-state index in [-0.39, 0.29) is 0 Å². The molecule has 0 bridgehead atoms. The minimum atomic E-state index is 0.862. The first-order chi connectivity index (χ1) is 26.8. The second kappa shape index (κ2) is 13.4. The molecule has 9 aromatic carbocycles. The number of benzene rings is 9. The largest absolute Gasteiger partial charge is 0.456 e. The quantitative estimate of drug-likeness (QED) is 0.155. The zero-order valence-corrected chi connectivity index (χ0v) is 29.6. The molecule has 0 aliphatic rings. The van der Waals surface area contributed by atoms with Gasteiger partial charge in [0.1, 0.15) is 11.3 Å².